The number of hydrogen-bond acceptors (Lipinski definition) is 2. The van der Waals surface area contributed by atoms with Gasteiger partial charge in [0.05, 0.1) is 13.0 Å². The van der Waals surface area contributed by atoms with E-state index in [0.29, 0.717) is 23.6 Å². The van der Waals surface area contributed by atoms with Crippen LogP contribution in [-0.4, -0.2) is 19.0 Å². The fourth-order valence-electron chi connectivity index (χ4n) is 2.62. The third kappa shape index (κ3) is 1.28. The molecule has 0 heterocycles. The summed E-state index contributed by atoms with van der Waals surface area (Å²) in [5.41, 5.74) is 0. The third-order valence-electron chi connectivity index (χ3n) is 3.27. The average Bonchev–Trinajstić information content (AvgIpc) is 2.74. The number of fused-ring (bicyclic) bond motifs is 2. The van der Waals surface area contributed by atoms with Crippen LogP contribution in [0.5, 0.6) is 0 Å². The Labute approximate surface area is 82.9 Å². The SMILES string of the molecule is COC(=O)[C@H]1[C@H](CCl)[C@H]2C=C[C@@H]1C2. The zero-order valence-corrected chi connectivity index (χ0v) is 8.33. The second-order valence-electron chi connectivity index (χ2n) is 3.82. The summed E-state index contributed by atoms with van der Waals surface area (Å²) in [6, 6.07) is 0. The first-order valence-corrected chi connectivity index (χ1v) is 5.13. The smallest absolute Gasteiger partial charge is 0.309 e. The van der Waals surface area contributed by atoms with E-state index in [2.05, 4.69) is 12.2 Å². The van der Waals surface area contributed by atoms with Gasteiger partial charge in [-0.3, -0.25) is 4.79 Å². The summed E-state index contributed by atoms with van der Waals surface area (Å²) < 4.78 is 4.79. The summed E-state index contributed by atoms with van der Waals surface area (Å²) in [6.07, 6.45) is 5.41. The van der Waals surface area contributed by atoms with Gasteiger partial charge in [-0.25, -0.2) is 0 Å². The van der Waals surface area contributed by atoms with Gasteiger partial charge in [0.2, 0.25) is 0 Å². The van der Waals surface area contributed by atoms with E-state index in [1.54, 1.807) is 0 Å². The van der Waals surface area contributed by atoms with Crippen LogP contribution in [0.1, 0.15) is 6.42 Å². The average molecular weight is 201 g/mol. The number of esters is 1. The van der Waals surface area contributed by atoms with Gasteiger partial charge in [0.1, 0.15) is 0 Å². The molecule has 4 atom stereocenters. The standard InChI is InChI=1S/C10H13ClO2/c1-13-10(12)9-7-3-2-6(4-7)8(9)5-11/h2-3,6-9H,4-5H2,1H3/t6-,7+,8+,9+/m0/s1. The van der Waals surface area contributed by atoms with Crippen LogP contribution in [0.3, 0.4) is 0 Å². The third-order valence-corrected chi connectivity index (χ3v) is 3.63. The van der Waals surface area contributed by atoms with E-state index < -0.39 is 0 Å². The molecule has 0 amide bonds. The van der Waals surface area contributed by atoms with Crippen LogP contribution in [0.2, 0.25) is 0 Å². The van der Waals surface area contributed by atoms with Crippen LogP contribution < -0.4 is 0 Å². The van der Waals surface area contributed by atoms with Crippen LogP contribution in [0.15, 0.2) is 12.2 Å². The first kappa shape index (κ1) is 9.07. The largest absolute Gasteiger partial charge is 0.469 e. The number of rotatable bonds is 2. The minimum absolute atomic E-state index is 0.0116. The van der Waals surface area contributed by atoms with Crippen LogP contribution in [0.25, 0.3) is 0 Å². The van der Waals surface area contributed by atoms with E-state index in [0.717, 1.165) is 6.42 Å². The van der Waals surface area contributed by atoms with Crippen molar-refractivity contribution in [1.29, 1.82) is 0 Å². The van der Waals surface area contributed by atoms with Crippen molar-refractivity contribution in [3.8, 4) is 0 Å². The maximum atomic E-state index is 11.5. The Morgan fingerprint density at radius 3 is 2.85 bits per heavy atom. The maximum Gasteiger partial charge on any atom is 0.309 e. The second kappa shape index (κ2) is 3.33. The van der Waals surface area contributed by atoms with Crippen molar-refractivity contribution in [1.82, 2.24) is 0 Å². The summed E-state index contributed by atoms with van der Waals surface area (Å²) in [7, 11) is 1.45. The Hall–Kier alpha value is -0.500. The minimum atomic E-state index is -0.0949. The number of carbonyl (C=O) groups is 1. The molecular weight excluding hydrogens is 188 g/mol. The van der Waals surface area contributed by atoms with Gasteiger partial charge in [-0.1, -0.05) is 12.2 Å². The van der Waals surface area contributed by atoms with Crippen molar-refractivity contribution in [2.45, 2.75) is 6.42 Å². The van der Waals surface area contributed by atoms with Crippen LogP contribution in [0.4, 0.5) is 0 Å². The Balaban J connectivity index is 2.18. The molecule has 0 spiro atoms. The molecule has 0 aromatic carbocycles. The van der Waals surface area contributed by atoms with Crippen molar-refractivity contribution in [3.63, 3.8) is 0 Å². The summed E-state index contributed by atoms with van der Waals surface area (Å²) in [6.45, 7) is 0. The molecule has 0 radical (unpaired) electrons. The molecule has 0 N–H and O–H groups in total. The lowest BCUT2D eigenvalue weighted by molar-refractivity contribution is -0.147. The molecule has 72 valence electrons. The Morgan fingerprint density at radius 2 is 2.23 bits per heavy atom. The number of hydrogen-bond donors (Lipinski definition) is 0. The van der Waals surface area contributed by atoms with Crippen LogP contribution >= 0.6 is 11.6 Å². The highest BCUT2D eigenvalue weighted by Gasteiger charge is 2.48. The zero-order valence-electron chi connectivity index (χ0n) is 7.57. The normalized spacial score (nSPS) is 41.1. The molecular formula is C10H13ClO2. The van der Waals surface area contributed by atoms with Gasteiger partial charge >= 0.3 is 5.97 Å². The monoisotopic (exact) mass is 200 g/mol. The molecule has 0 aromatic rings. The Bertz CT molecular complexity index is 249. The first-order chi connectivity index (χ1) is 6.27. The topological polar surface area (TPSA) is 26.3 Å². The van der Waals surface area contributed by atoms with Gasteiger partial charge < -0.3 is 4.74 Å². The van der Waals surface area contributed by atoms with E-state index >= 15 is 0 Å². The number of methoxy groups -OCH3 is 1. The van der Waals surface area contributed by atoms with Crippen LogP contribution in [-0.2, 0) is 9.53 Å². The summed E-state index contributed by atoms with van der Waals surface area (Å²) in [5, 5.41) is 0. The highest BCUT2D eigenvalue weighted by Crippen LogP contribution is 2.48. The van der Waals surface area contributed by atoms with Gasteiger partial charge in [0.15, 0.2) is 0 Å². The molecule has 2 nitrogen and oxygen atoms in total. The van der Waals surface area contributed by atoms with E-state index in [9.17, 15) is 4.79 Å². The molecule has 1 fully saturated rings. The molecule has 0 saturated heterocycles. The summed E-state index contributed by atoms with van der Waals surface area (Å²) in [5.74, 6) is 1.66. The van der Waals surface area contributed by atoms with Crippen molar-refractivity contribution < 1.29 is 9.53 Å². The van der Waals surface area contributed by atoms with E-state index in [1.165, 1.54) is 7.11 Å². The lowest BCUT2D eigenvalue weighted by atomic mass is 9.84. The molecule has 3 heteroatoms. The van der Waals surface area contributed by atoms with Gasteiger partial charge in [0, 0.05) is 5.88 Å². The van der Waals surface area contributed by atoms with E-state index in [1.807, 2.05) is 0 Å². The van der Waals surface area contributed by atoms with Crippen molar-refractivity contribution in [2.24, 2.45) is 23.7 Å². The van der Waals surface area contributed by atoms with Gasteiger partial charge in [-0.15, -0.1) is 11.6 Å². The first-order valence-electron chi connectivity index (χ1n) is 4.60. The summed E-state index contributed by atoms with van der Waals surface area (Å²) in [4.78, 5) is 11.5. The molecule has 1 saturated carbocycles. The van der Waals surface area contributed by atoms with Gasteiger partial charge in [-0.2, -0.15) is 0 Å². The molecule has 2 bridgehead atoms. The molecule has 13 heavy (non-hydrogen) atoms. The van der Waals surface area contributed by atoms with E-state index in [-0.39, 0.29) is 11.9 Å². The van der Waals surface area contributed by atoms with E-state index in [4.69, 9.17) is 16.3 Å². The number of alkyl halides is 1. The fraction of sp³-hybridized carbons (Fsp3) is 0.700. The fourth-order valence-corrected chi connectivity index (χ4v) is 3.04. The van der Waals surface area contributed by atoms with Gasteiger partial charge in [-0.05, 0) is 24.2 Å². The van der Waals surface area contributed by atoms with Gasteiger partial charge in [0.25, 0.3) is 0 Å². The predicted octanol–water partition coefficient (Wildman–Crippen LogP) is 1.84. The molecule has 0 aromatic heterocycles. The molecule has 0 aliphatic heterocycles. The highest BCUT2D eigenvalue weighted by molar-refractivity contribution is 6.18. The maximum absolute atomic E-state index is 11.5. The summed E-state index contributed by atoms with van der Waals surface area (Å²) >= 11 is 5.86. The lowest BCUT2D eigenvalue weighted by Crippen LogP contribution is -2.29. The molecule has 0 unspecified atom stereocenters. The molecule has 2 aliphatic rings. The lowest BCUT2D eigenvalue weighted by Gasteiger charge is -2.23. The van der Waals surface area contributed by atoms with Crippen molar-refractivity contribution in [3.05, 3.63) is 12.2 Å². The number of ether oxygens (including phenoxy) is 1. The Morgan fingerprint density at radius 1 is 1.54 bits per heavy atom. The highest BCUT2D eigenvalue weighted by atomic mass is 35.5. The minimum Gasteiger partial charge on any atom is -0.469 e. The molecule has 2 aliphatic carbocycles. The zero-order chi connectivity index (χ0) is 9.42. The Kier molecular flexibility index (Phi) is 2.33. The van der Waals surface area contributed by atoms with Crippen molar-refractivity contribution >= 4 is 17.6 Å². The second-order valence-corrected chi connectivity index (χ2v) is 4.12. The quantitative estimate of drug-likeness (QED) is 0.386. The number of halogens is 1. The number of carbonyl (C=O) groups excluding carboxylic acids is 1. The predicted molar refractivity (Wildman–Crippen MR) is 50.5 cm³/mol. The molecule has 2 rings (SSSR count). The number of allylic oxidation sites excluding steroid dienone is 2. The van der Waals surface area contributed by atoms with Crippen molar-refractivity contribution in [2.75, 3.05) is 13.0 Å². The van der Waals surface area contributed by atoms with Crippen LogP contribution in [0, 0.1) is 23.7 Å².